The zero-order valence-corrected chi connectivity index (χ0v) is 9.91. The molecule has 0 spiro atoms. The van der Waals surface area contributed by atoms with Crippen LogP contribution >= 0.6 is 0 Å². The van der Waals surface area contributed by atoms with E-state index in [1.807, 2.05) is 12.1 Å². The molecule has 0 aliphatic heterocycles. The van der Waals surface area contributed by atoms with Crippen molar-refractivity contribution in [2.45, 2.75) is 26.7 Å². The fraction of sp³-hybridized carbons (Fsp3) is 0.308. The lowest BCUT2D eigenvalue weighted by Gasteiger charge is -2.05. The number of benzene rings is 1. The summed E-state index contributed by atoms with van der Waals surface area (Å²) in [6.07, 6.45) is 0. The summed E-state index contributed by atoms with van der Waals surface area (Å²) in [7, 11) is 0. The standard InChI is InChI=1S/C13H17N3/c1-9(2)12-8-13(16-15-12)14-11-7-5-4-6-10(11)3/h4-9H,1-3H3,(H2,14,15,16). The highest BCUT2D eigenvalue weighted by molar-refractivity contribution is 5.60. The van der Waals surface area contributed by atoms with Gasteiger partial charge in [-0.15, -0.1) is 0 Å². The molecule has 0 unspecified atom stereocenters. The number of rotatable bonds is 3. The van der Waals surface area contributed by atoms with Crippen molar-refractivity contribution in [1.29, 1.82) is 0 Å². The van der Waals surface area contributed by atoms with E-state index in [1.54, 1.807) is 0 Å². The number of anilines is 2. The third-order valence-corrected chi connectivity index (χ3v) is 2.63. The van der Waals surface area contributed by atoms with Crippen molar-refractivity contribution in [3.63, 3.8) is 0 Å². The fourth-order valence-electron chi connectivity index (χ4n) is 1.55. The molecule has 1 aromatic carbocycles. The number of aromatic nitrogens is 2. The van der Waals surface area contributed by atoms with E-state index in [0.717, 1.165) is 17.2 Å². The smallest absolute Gasteiger partial charge is 0.152 e. The highest BCUT2D eigenvalue weighted by atomic mass is 15.2. The van der Waals surface area contributed by atoms with E-state index < -0.39 is 0 Å². The molecule has 2 aromatic rings. The Labute approximate surface area is 95.9 Å². The number of H-pyrrole nitrogens is 1. The minimum Gasteiger partial charge on any atom is -0.339 e. The first-order chi connectivity index (χ1) is 7.66. The summed E-state index contributed by atoms with van der Waals surface area (Å²) < 4.78 is 0. The molecule has 0 fully saturated rings. The summed E-state index contributed by atoms with van der Waals surface area (Å²) in [5.74, 6) is 1.35. The van der Waals surface area contributed by atoms with Crippen molar-refractivity contribution in [3.05, 3.63) is 41.6 Å². The molecule has 84 valence electrons. The Kier molecular flexibility index (Phi) is 2.95. The van der Waals surface area contributed by atoms with E-state index >= 15 is 0 Å². The number of nitrogens with zero attached hydrogens (tertiary/aromatic N) is 1. The monoisotopic (exact) mass is 215 g/mol. The first-order valence-electron chi connectivity index (χ1n) is 5.55. The van der Waals surface area contributed by atoms with Crippen molar-refractivity contribution >= 4 is 11.5 Å². The molecule has 16 heavy (non-hydrogen) atoms. The number of aryl methyl sites for hydroxylation is 1. The van der Waals surface area contributed by atoms with Gasteiger partial charge in [0.05, 0.1) is 0 Å². The molecule has 1 heterocycles. The summed E-state index contributed by atoms with van der Waals surface area (Å²) in [5, 5.41) is 10.6. The zero-order valence-electron chi connectivity index (χ0n) is 9.91. The highest BCUT2D eigenvalue weighted by Gasteiger charge is 2.05. The van der Waals surface area contributed by atoms with Crippen LogP contribution in [0.1, 0.15) is 31.0 Å². The molecule has 0 amide bonds. The fourth-order valence-corrected chi connectivity index (χ4v) is 1.55. The molecule has 0 bridgehead atoms. The number of hydrogen-bond donors (Lipinski definition) is 2. The molecule has 0 aliphatic carbocycles. The maximum atomic E-state index is 4.24. The van der Waals surface area contributed by atoms with Gasteiger partial charge in [-0.05, 0) is 24.5 Å². The van der Waals surface area contributed by atoms with Crippen LogP contribution in [0.15, 0.2) is 30.3 Å². The predicted molar refractivity (Wildman–Crippen MR) is 67.1 cm³/mol. The Morgan fingerprint density at radius 3 is 2.62 bits per heavy atom. The topological polar surface area (TPSA) is 40.7 Å². The molecule has 3 heteroatoms. The molecule has 0 aliphatic rings. The number of hydrogen-bond acceptors (Lipinski definition) is 2. The van der Waals surface area contributed by atoms with E-state index in [2.05, 4.69) is 54.5 Å². The van der Waals surface area contributed by atoms with Crippen LogP contribution in [0.25, 0.3) is 0 Å². The summed E-state index contributed by atoms with van der Waals surface area (Å²) in [4.78, 5) is 0. The van der Waals surface area contributed by atoms with E-state index in [0.29, 0.717) is 5.92 Å². The summed E-state index contributed by atoms with van der Waals surface area (Å²) in [6.45, 7) is 6.37. The van der Waals surface area contributed by atoms with Gasteiger partial charge in [0, 0.05) is 17.4 Å². The molecule has 0 saturated carbocycles. The molecule has 0 radical (unpaired) electrons. The quantitative estimate of drug-likeness (QED) is 0.821. The number of nitrogens with one attached hydrogen (secondary N) is 2. The molecule has 2 rings (SSSR count). The second-order valence-electron chi connectivity index (χ2n) is 4.30. The third kappa shape index (κ3) is 2.24. The Balaban J connectivity index is 2.18. The van der Waals surface area contributed by atoms with Gasteiger partial charge in [-0.25, -0.2) is 0 Å². The summed E-state index contributed by atoms with van der Waals surface area (Å²) in [6, 6.07) is 10.2. The summed E-state index contributed by atoms with van der Waals surface area (Å²) >= 11 is 0. The van der Waals surface area contributed by atoms with E-state index in [4.69, 9.17) is 0 Å². The molecule has 1 aromatic heterocycles. The van der Waals surface area contributed by atoms with Crippen LogP contribution < -0.4 is 5.32 Å². The van der Waals surface area contributed by atoms with Crippen LogP contribution in [0.3, 0.4) is 0 Å². The number of para-hydroxylation sites is 1. The van der Waals surface area contributed by atoms with E-state index in [-0.39, 0.29) is 0 Å². The largest absolute Gasteiger partial charge is 0.339 e. The molecular weight excluding hydrogens is 198 g/mol. The number of aromatic amines is 1. The minimum atomic E-state index is 0.472. The average molecular weight is 215 g/mol. The van der Waals surface area contributed by atoms with Gasteiger partial charge in [0.1, 0.15) is 0 Å². The van der Waals surface area contributed by atoms with Gasteiger partial charge in [-0.2, -0.15) is 5.10 Å². The van der Waals surface area contributed by atoms with Crippen LogP contribution in [0, 0.1) is 6.92 Å². The first kappa shape index (κ1) is 10.7. The Morgan fingerprint density at radius 2 is 2.00 bits per heavy atom. The van der Waals surface area contributed by atoms with Crippen LogP contribution in [0.2, 0.25) is 0 Å². The molecule has 0 saturated heterocycles. The molecule has 0 atom stereocenters. The Hall–Kier alpha value is -1.77. The van der Waals surface area contributed by atoms with Gasteiger partial charge in [-0.1, -0.05) is 32.0 Å². The summed E-state index contributed by atoms with van der Waals surface area (Å²) in [5.41, 5.74) is 3.47. The van der Waals surface area contributed by atoms with Gasteiger partial charge in [0.15, 0.2) is 5.82 Å². The average Bonchev–Trinajstić information content (AvgIpc) is 2.70. The molecule has 2 N–H and O–H groups in total. The lowest BCUT2D eigenvalue weighted by molar-refractivity contribution is 0.811. The van der Waals surface area contributed by atoms with Crippen molar-refractivity contribution in [1.82, 2.24) is 10.2 Å². The molecule has 3 nitrogen and oxygen atoms in total. The van der Waals surface area contributed by atoms with Crippen LogP contribution in [-0.4, -0.2) is 10.2 Å². The van der Waals surface area contributed by atoms with Crippen LogP contribution in [0.5, 0.6) is 0 Å². The third-order valence-electron chi connectivity index (χ3n) is 2.63. The highest BCUT2D eigenvalue weighted by Crippen LogP contribution is 2.21. The van der Waals surface area contributed by atoms with Crippen molar-refractivity contribution < 1.29 is 0 Å². The Bertz CT molecular complexity index is 472. The van der Waals surface area contributed by atoms with Gasteiger partial charge in [-0.3, -0.25) is 5.10 Å². The second-order valence-corrected chi connectivity index (χ2v) is 4.30. The van der Waals surface area contributed by atoms with E-state index in [9.17, 15) is 0 Å². The molecular formula is C13H17N3. The van der Waals surface area contributed by atoms with Gasteiger partial charge < -0.3 is 5.32 Å². The minimum absolute atomic E-state index is 0.472. The van der Waals surface area contributed by atoms with Crippen LogP contribution in [-0.2, 0) is 0 Å². The van der Waals surface area contributed by atoms with Crippen molar-refractivity contribution in [3.8, 4) is 0 Å². The first-order valence-corrected chi connectivity index (χ1v) is 5.55. The van der Waals surface area contributed by atoms with Crippen molar-refractivity contribution in [2.24, 2.45) is 0 Å². The van der Waals surface area contributed by atoms with Crippen molar-refractivity contribution in [2.75, 3.05) is 5.32 Å². The SMILES string of the molecule is Cc1ccccc1Nc1cc(C(C)C)[nH]n1. The Morgan fingerprint density at radius 1 is 1.25 bits per heavy atom. The van der Waals surface area contributed by atoms with Gasteiger partial charge in [0.2, 0.25) is 0 Å². The van der Waals surface area contributed by atoms with E-state index in [1.165, 1.54) is 5.56 Å². The maximum Gasteiger partial charge on any atom is 0.152 e. The predicted octanol–water partition coefficient (Wildman–Crippen LogP) is 3.59. The normalized spacial score (nSPS) is 10.8. The second kappa shape index (κ2) is 4.39. The van der Waals surface area contributed by atoms with Gasteiger partial charge in [0.25, 0.3) is 0 Å². The van der Waals surface area contributed by atoms with Crippen LogP contribution in [0.4, 0.5) is 11.5 Å². The lowest BCUT2D eigenvalue weighted by Crippen LogP contribution is -1.92. The maximum absolute atomic E-state index is 4.24. The zero-order chi connectivity index (χ0) is 11.5. The van der Waals surface area contributed by atoms with Gasteiger partial charge >= 0.3 is 0 Å². The lowest BCUT2D eigenvalue weighted by atomic mass is 10.1.